The predicted octanol–water partition coefficient (Wildman–Crippen LogP) is 4.35. The molecule has 1 aromatic carbocycles. The monoisotopic (exact) mass is 283 g/mol. The summed E-state index contributed by atoms with van der Waals surface area (Å²) in [5, 5.41) is 3.23. The van der Waals surface area contributed by atoms with Crippen LogP contribution in [0.25, 0.3) is 0 Å². The molecule has 0 fully saturated rings. The van der Waals surface area contributed by atoms with E-state index in [9.17, 15) is 4.39 Å². The van der Waals surface area contributed by atoms with Crippen LogP contribution in [-0.2, 0) is 6.42 Å². The smallest absolute Gasteiger partial charge is 0.123 e. The summed E-state index contributed by atoms with van der Waals surface area (Å²) in [5.41, 5.74) is 1.91. The molecule has 1 aromatic heterocycles. The molecule has 0 aliphatic heterocycles. The molecule has 1 atom stereocenters. The fourth-order valence-electron chi connectivity index (χ4n) is 2.02. The molecule has 2 rings (SSSR count). The summed E-state index contributed by atoms with van der Waals surface area (Å²) in [6.07, 6.45) is 0.816. The lowest BCUT2D eigenvalue weighted by Gasteiger charge is -2.16. The zero-order valence-corrected chi connectivity index (χ0v) is 11.9. The molecule has 1 unspecified atom stereocenters. The minimum absolute atomic E-state index is 0.106. The van der Waals surface area contributed by atoms with Gasteiger partial charge in [-0.25, -0.2) is 4.39 Å². The number of halogens is 2. The highest BCUT2D eigenvalue weighted by Crippen LogP contribution is 2.27. The van der Waals surface area contributed by atoms with Crippen molar-refractivity contribution in [2.75, 3.05) is 7.05 Å². The van der Waals surface area contributed by atoms with Gasteiger partial charge in [0, 0.05) is 17.3 Å². The Morgan fingerprint density at radius 3 is 2.67 bits per heavy atom. The van der Waals surface area contributed by atoms with E-state index in [1.54, 1.807) is 17.4 Å². The number of benzene rings is 1. The lowest BCUT2D eigenvalue weighted by molar-refractivity contribution is 0.579. The average molecular weight is 284 g/mol. The van der Waals surface area contributed by atoms with E-state index in [2.05, 4.69) is 5.32 Å². The van der Waals surface area contributed by atoms with Gasteiger partial charge < -0.3 is 5.32 Å². The van der Waals surface area contributed by atoms with Gasteiger partial charge in [0.25, 0.3) is 0 Å². The Bertz CT molecular complexity index is 518. The summed E-state index contributed by atoms with van der Waals surface area (Å²) < 4.78 is 14.2. The molecule has 18 heavy (non-hydrogen) atoms. The molecule has 1 nitrogen and oxygen atoms in total. The fraction of sp³-hybridized carbons (Fsp3) is 0.286. The Kier molecular flexibility index (Phi) is 4.38. The molecule has 0 amide bonds. The molecule has 0 spiro atoms. The lowest BCUT2D eigenvalue weighted by atomic mass is 10.0. The summed E-state index contributed by atoms with van der Waals surface area (Å²) in [6.45, 7) is 1.90. The topological polar surface area (TPSA) is 12.0 Å². The minimum atomic E-state index is -0.186. The van der Waals surface area contributed by atoms with E-state index in [0.717, 1.165) is 21.9 Å². The van der Waals surface area contributed by atoms with Crippen molar-refractivity contribution in [2.24, 2.45) is 0 Å². The van der Waals surface area contributed by atoms with E-state index < -0.39 is 0 Å². The minimum Gasteiger partial charge on any atom is -0.313 e. The van der Waals surface area contributed by atoms with Crippen molar-refractivity contribution in [2.45, 2.75) is 19.4 Å². The maximum atomic E-state index is 13.4. The third-order valence-electron chi connectivity index (χ3n) is 2.85. The molecule has 1 heterocycles. The highest BCUT2D eigenvalue weighted by atomic mass is 35.5. The van der Waals surface area contributed by atoms with Crippen molar-refractivity contribution < 1.29 is 4.39 Å². The SMILES string of the molecule is CNC(Cc1ccc(Cl)s1)c1cc(C)cc(F)c1. The van der Waals surface area contributed by atoms with E-state index in [0.29, 0.717) is 0 Å². The fourth-order valence-corrected chi connectivity index (χ4v) is 3.15. The van der Waals surface area contributed by atoms with E-state index in [-0.39, 0.29) is 11.9 Å². The Labute approximate surface area is 116 Å². The van der Waals surface area contributed by atoms with Crippen molar-refractivity contribution in [1.82, 2.24) is 5.32 Å². The van der Waals surface area contributed by atoms with Crippen LogP contribution in [0, 0.1) is 12.7 Å². The second-order valence-corrected chi connectivity index (χ2v) is 6.11. The highest BCUT2D eigenvalue weighted by molar-refractivity contribution is 7.16. The van der Waals surface area contributed by atoms with E-state index in [1.165, 1.54) is 10.9 Å². The van der Waals surface area contributed by atoms with Crippen molar-refractivity contribution in [3.63, 3.8) is 0 Å². The van der Waals surface area contributed by atoms with Crippen molar-refractivity contribution >= 4 is 22.9 Å². The number of likely N-dealkylation sites (N-methyl/N-ethyl adjacent to an activating group) is 1. The summed E-state index contributed by atoms with van der Waals surface area (Å²) in [6, 6.07) is 9.16. The van der Waals surface area contributed by atoms with E-state index >= 15 is 0 Å². The Morgan fingerprint density at radius 2 is 2.11 bits per heavy atom. The van der Waals surface area contributed by atoms with Gasteiger partial charge in [-0.2, -0.15) is 0 Å². The van der Waals surface area contributed by atoms with Crippen LogP contribution in [0.5, 0.6) is 0 Å². The van der Waals surface area contributed by atoms with Crippen LogP contribution in [0.4, 0.5) is 4.39 Å². The molecular formula is C14H15ClFNS. The van der Waals surface area contributed by atoms with Gasteiger partial charge in [-0.3, -0.25) is 0 Å². The first-order valence-corrected chi connectivity index (χ1v) is 6.96. The first-order valence-electron chi connectivity index (χ1n) is 5.77. The van der Waals surface area contributed by atoms with Crippen LogP contribution in [0.3, 0.4) is 0 Å². The van der Waals surface area contributed by atoms with Gasteiger partial charge in [0.05, 0.1) is 4.34 Å². The van der Waals surface area contributed by atoms with Gasteiger partial charge in [-0.1, -0.05) is 17.7 Å². The number of nitrogens with one attached hydrogen (secondary N) is 1. The van der Waals surface area contributed by atoms with Crippen LogP contribution in [0.2, 0.25) is 4.34 Å². The molecule has 2 aromatic rings. The van der Waals surface area contributed by atoms with Gasteiger partial charge in [-0.05, 0) is 49.4 Å². The molecule has 0 radical (unpaired) electrons. The van der Waals surface area contributed by atoms with Gasteiger partial charge >= 0.3 is 0 Å². The molecular weight excluding hydrogens is 269 g/mol. The molecule has 1 N–H and O–H groups in total. The Balaban J connectivity index is 2.22. The van der Waals surface area contributed by atoms with E-state index in [1.807, 2.05) is 32.2 Å². The molecule has 0 aliphatic carbocycles. The number of hydrogen-bond donors (Lipinski definition) is 1. The number of thiophene rings is 1. The van der Waals surface area contributed by atoms with Crippen LogP contribution in [-0.4, -0.2) is 7.05 Å². The summed E-state index contributed by atoms with van der Waals surface area (Å²) in [4.78, 5) is 1.20. The second kappa shape index (κ2) is 5.83. The van der Waals surface area contributed by atoms with Crippen molar-refractivity contribution in [3.05, 3.63) is 56.5 Å². The third kappa shape index (κ3) is 3.31. The molecule has 0 saturated carbocycles. The third-order valence-corrected chi connectivity index (χ3v) is 4.10. The molecule has 0 bridgehead atoms. The Hall–Kier alpha value is -0.900. The lowest BCUT2D eigenvalue weighted by Crippen LogP contribution is -2.18. The predicted molar refractivity (Wildman–Crippen MR) is 76.0 cm³/mol. The van der Waals surface area contributed by atoms with E-state index in [4.69, 9.17) is 11.6 Å². The zero-order valence-electron chi connectivity index (χ0n) is 10.3. The standard InChI is InChI=1S/C14H15ClFNS/c1-9-5-10(7-11(16)6-9)13(17-2)8-12-3-4-14(15)18-12/h3-7,13,17H,8H2,1-2H3. The molecule has 96 valence electrons. The largest absolute Gasteiger partial charge is 0.313 e. The van der Waals surface area contributed by atoms with Crippen LogP contribution >= 0.6 is 22.9 Å². The van der Waals surface area contributed by atoms with Crippen molar-refractivity contribution in [3.8, 4) is 0 Å². The van der Waals surface area contributed by atoms with Gasteiger partial charge in [0.15, 0.2) is 0 Å². The first-order chi connectivity index (χ1) is 8.58. The number of rotatable bonds is 4. The normalized spacial score (nSPS) is 12.7. The average Bonchev–Trinajstić information content (AvgIpc) is 2.70. The molecule has 0 aliphatic rings. The van der Waals surface area contributed by atoms with Gasteiger partial charge in [0.1, 0.15) is 5.82 Å². The molecule has 4 heteroatoms. The first kappa shape index (κ1) is 13.5. The van der Waals surface area contributed by atoms with Crippen LogP contribution < -0.4 is 5.32 Å². The van der Waals surface area contributed by atoms with Gasteiger partial charge in [-0.15, -0.1) is 11.3 Å². The maximum absolute atomic E-state index is 13.4. The van der Waals surface area contributed by atoms with Gasteiger partial charge in [0.2, 0.25) is 0 Å². The second-order valence-electron chi connectivity index (χ2n) is 4.31. The summed E-state index contributed by atoms with van der Waals surface area (Å²) in [5.74, 6) is -0.186. The number of aryl methyl sites for hydroxylation is 1. The zero-order chi connectivity index (χ0) is 13.1. The quantitative estimate of drug-likeness (QED) is 0.879. The summed E-state index contributed by atoms with van der Waals surface area (Å²) >= 11 is 7.49. The molecule has 0 saturated heterocycles. The summed E-state index contributed by atoms with van der Waals surface area (Å²) in [7, 11) is 1.89. The highest BCUT2D eigenvalue weighted by Gasteiger charge is 2.13. The van der Waals surface area contributed by atoms with Crippen molar-refractivity contribution in [1.29, 1.82) is 0 Å². The Morgan fingerprint density at radius 1 is 1.33 bits per heavy atom. The van der Waals surface area contributed by atoms with Crippen LogP contribution in [0.15, 0.2) is 30.3 Å². The maximum Gasteiger partial charge on any atom is 0.123 e. The number of hydrogen-bond acceptors (Lipinski definition) is 2. The van der Waals surface area contributed by atoms with Crippen LogP contribution in [0.1, 0.15) is 22.0 Å².